The normalized spacial score (nSPS) is 12.5. The van der Waals surface area contributed by atoms with Gasteiger partial charge in [-0.15, -0.1) is 0 Å². The lowest BCUT2D eigenvalue weighted by molar-refractivity contribution is -0.119. The average Bonchev–Trinajstić information content (AvgIpc) is 2.73. The van der Waals surface area contributed by atoms with Gasteiger partial charge in [-0.1, -0.05) is 69.8 Å². The number of nitrogens with one attached hydrogen (secondary N) is 1. The fraction of sp³-hybridized carbons (Fsp3) is 0.391. The molecule has 0 radical (unpaired) electrons. The molecule has 1 N–H and O–H groups in total. The van der Waals surface area contributed by atoms with Crippen LogP contribution in [0.2, 0.25) is 0 Å². The third-order valence-corrected chi connectivity index (χ3v) is 5.69. The maximum absolute atomic E-state index is 13.0. The molecule has 0 saturated heterocycles. The van der Waals surface area contributed by atoms with E-state index in [0.717, 1.165) is 5.56 Å². The van der Waals surface area contributed by atoms with E-state index < -0.39 is 0 Å². The van der Waals surface area contributed by atoms with E-state index in [2.05, 4.69) is 29.1 Å². The van der Waals surface area contributed by atoms with Gasteiger partial charge in [0.15, 0.2) is 10.8 Å². The molecule has 1 atom stereocenters. The van der Waals surface area contributed by atoms with Crippen LogP contribution >= 0.6 is 11.8 Å². The van der Waals surface area contributed by atoms with Gasteiger partial charge < -0.3 is 5.32 Å². The summed E-state index contributed by atoms with van der Waals surface area (Å²) in [4.78, 5) is 34.5. The third-order valence-electron chi connectivity index (χ3n) is 4.72. The maximum atomic E-state index is 13.0. The maximum Gasteiger partial charge on any atom is 0.263 e. The molecule has 2 aromatic heterocycles. The van der Waals surface area contributed by atoms with Crippen LogP contribution in [0.1, 0.15) is 39.3 Å². The van der Waals surface area contributed by atoms with E-state index in [1.807, 2.05) is 44.2 Å². The Labute approximate surface area is 181 Å². The average molecular weight is 425 g/mol. The Morgan fingerprint density at radius 3 is 2.50 bits per heavy atom. The molecule has 7 heteroatoms. The summed E-state index contributed by atoms with van der Waals surface area (Å²) in [6, 6.07) is 13.4. The smallest absolute Gasteiger partial charge is 0.263 e. The van der Waals surface area contributed by atoms with E-state index in [4.69, 9.17) is 0 Å². The van der Waals surface area contributed by atoms with Crippen molar-refractivity contribution in [3.63, 3.8) is 0 Å². The molecule has 6 nitrogen and oxygen atoms in total. The van der Waals surface area contributed by atoms with Crippen molar-refractivity contribution in [3.05, 3.63) is 64.6 Å². The zero-order valence-corrected chi connectivity index (χ0v) is 18.6. The molecular weight excluding hydrogens is 396 g/mol. The van der Waals surface area contributed by atoms with Crippen LogP contribution in [0.15, 0.2) is 58.6 Å². The largest absolute Gasteiger partial charge is 0.348 e. The highest BCUT2D eigenvalue weighted by molar-refractivity contribution is 7.99. The lowest BCUT2D eigenvalue weighted by Gasteiger charge is -2.23. The number of amides is 1. The van der Waals surface area contributed by atoms with E-state index in [0.29, 0.717) is 22.7 Å². The van der Waals surface area contributed by atoms with Crippen molar-refractivity contribution in [2.24, 2.45) is 11.8 Å². The van der Waals surface area contributed by atoms with Crippen LogP contribution in [0.5, 0.6) is 0 Å². The zero-order chi connectivity index (χ0) is 21.7. The molecule has 1 aromatic carbocycles. The number of carbonyl (C=O) groups excluding carboxylic acids is 1. The van der Waals surface area contributed by atoms with Gasteiger partial charge in [0.05, 0.1) is 17.2 Å². The number of rotatable bonds is 8. The first-order valence-corrected chi connectivity index (χ1v) is 11.2. The molecule has 158 valence electrons. The highest BCUT2D eigenvalue weighted by atomic mass is 32.2. The molecular formula is C23H28N4O2S. The van der Waals surface area contributed by atoms with Gasteiger partial charge in [0.1, 0.15) is 0 Å². The fourth-order valence-electron chi connectivity index (χ4n) is 3.31. The van der Waals surface area contributed by atoms with Gasteiger partial charge in [-0.3, -0.25) is 14.2 Å². The van der Waals surface area contributed by atoms with E-state index in [1.165, 1.54) is 11.8 Å². The number of benzene rings is 1. The molecule has 0 aliphatic rings. The number of carbonyl (C=O) groups is 1. The first kappa shape index (κ1) is 22.0. The Hall–Kier alpha value is -2.67. The lowest BCUT2D eigenvalue weighted by atomic mass is 9.96. The van der Waals surface area contributed by atoms with Crippen LogP contribution in [0.3, 0.4) is 0 Å². The molecule has 30 heavy (non-hydrogen) atoms. The molecule has 0 unspecified atom stereocenters. The van der Waals surface area contributed by atoms with Crippen molar-refractivity contribution in [2.45, 2.75) is 45.4 Å². The fourth-order valence-corrected chi connectivity index (χ4v) is 4.12. The van der Waals surface area contributed by atoms with Crippen molar-refractivity contribution >= 4 is 28.7 Å². The number of fused-ring (bicyclic) bond motifs is 1. The van der Waals surface area contributed by atoms with E-state index in [1.54, 1.807) is 22.9 Å². The van der Waals surface area contributed by atoms with Gasteiger partial charge in [0.2, 0.25) is 5.91 Å². The SMILES string of the molecule is CC(C)Cn1c(SCC(=O)N[C@@H](c2ccccc2)C(C)C)nc2ncccc2c1=O. The van der Waals surface area contributed by atoms with Crippen molar-refractivity contribution in [1.29, 1.82) is 0 Å². The quantitative estimate of drug-likeness (QED) is 0.436. The predicted molar refractivity (Wildman–Crippen MR) is 122 cm³/mol. The van der Waals surface area contributed by atoms with E-state index in [-0.39, 0.29) is 35.1 Å². The molecule has 0 saturated carbocycles. The molecule has 1 amide bonds. The van der Waals surface area contributed by atoms with Crippen LogP contribution in [-0.2, 0) is 11.3 Å². The first-order chi connectivity index (χ1) is 14.4. The highest BCUT2D eigenvalue weighted by Crippen LogP contribution is 2.23. The van der Waals surface area contributed by atoms with Gasteiger partial charge in [0, 0.05) is 12.7 Å². The van der Waals surface area contributed by atoms with Gasteiger partial charge in [-0.25, -0.2) is 9.97 Å². The van der Waals surface area contributed by atoms with Crippen molar-refractivity contribution in [2.75, 3.05) is 5.75 Å². The van der Waals surface area contributed by atoms with Crippen molar-refractivity contribution < 1.29 is 4.79 Å². The molecule has 3 aromatic rings. The predicted octanol–water partition coefficient (Wildman–Crippen LogP) is 4.05. The minimum atomic E-state index is -0.117. The number of pyridine rings is 1. The zero-order valence-electron chi connectivity index (χ0n) is 17.8. The van der Waals surface area contributed by atoms with Crippen LogP contribution in [0.25, 0.3) is 11.0 Å². The Morgan fingerprint density at radius 1 is 1.10 bits per heavy atom. The van der Waals surface area contributed by atoms with Gasteiger partial charge in [-0.2, -0.15) is 0 Å². The topological polar surface area (TPSA) is 76.9 Å². The van der Waals surface area contributed by atoms with E-state index in [9.17, 15) is 9.59 Å². The summed E-state index contributed by atoms with van der Waals surface area (Å²) < 4.78 is 1.66. The second-order valence-corrected chi connectivity index (χ2v) is 9.01. The Kier molecular flexibility index (Phi) is 7.26. The van der Waals surface area contributed by atoms with Gasteiger partial charge >= 0.3 is 0 Å². The molecule has 0 bridgehead atoms. The number of hydrogen-bond acceptors (Lipinski definition) is 5. The standard InChI is InChI=1S/C23H28N4O2S/c1-15(2)13-27-22(29)18-11-8-12-24-21(18)26-23(27)30-14-19(28)25-20(16(3)4)17-9-6-5-7-10-17/h5-12,15-16,20H,13-14H2,1-4H3,(H,25,28)/t20-/m1/s1. The third kappa shape index (κ3) is 5.27. The number of hydrogen-bond donors (Lipinski definition) is 1. The second kappa shape index (κ2) is 9.89. The molecule has 0 aliphatic carbocycles. The summed E-state index contributed by atoms with van der Waals surface area (Å²) in [7, 11) is 0. The van der Waals surface area contributed by atoms with Crippen LogP contribution in [0, 0.1) is 11.8 Å². The summed E-state index contributed by atoms with van der Waals surface area (Å²) >= 11 is 1.27. The monoisotopic (exact) mass is 424 g/mol. The lowest BCUT2D eigenvalue weighted by Crippen LogP contribution is -2.33. The molecule has 0 spiro atoms. The summed E-state index contributed by atoms with van der Waals surface area (Å²) in [5, 5.41) is 4.14. The van der Waals surface area contributed by atoms with Crippen LogP contribution in [-0.4, -0.2) is 26.2 Å². The first-order valence-electron chi connectivity index (χ1n) is 10.2. The van der Waals surface area contributed by atoms with Gasteiger partial charge in [0.25, 0.3) is 5.56 Å². The number of aromatic nitrogens is 3. The second-order valence-electron chi connectivity index (χ2n) is 8.07. The summed E-state index contributed by atoms with van der Waals surface area (Å²) in [5.41, 5.74) is 1.37. The highest BCUT2D eigenvalue weighted by Gasteiger charge is 2.19. The summed E-state index contributed by atoms with van der Waals surface area (Å²) in [6.45, 7) is 8.81. The summed E-state index contributed by atoms with van der Waals surface area (Å²) in [6.07, 6.45) is 1.62. The van der Waals surface area contributed by atoms with Crippen LogP contribution < -0.4 is 10.9 Å². The van der Waals surface area contributed by atoms with Crippen LogP contribution in [0.4, 0.5) is 0 Å². The van der Waals surface area contributed by atoms with Crippen molar-refractivity contribution in [3.8, 4) is 0 Å². The Morgan fingerprint density at radius 2 is 1.83 bits per heavy atom. The van der Waals surface area contributed by atoms with Crippen molar-refractivity contribution in [1.82, 2.24) is 19.9 Å². The minimum absolute atomic E-state index is 0.0663. The number of thioether (sulfide) groups is 1. The molecule has 0 fully saturated rings. The Balaban J connectivity index is 1.80. The summed E-state index contributed by atoms with van der Waals surface area (Å²) in [5.74, 6) is 0.617. The van der Waals surface area contributed by atoms with E-state index >= 15 is 0 Å². The Bertz CT molecular complexity index is 1060. The minimum Gasteiger partial charge on any atom is -0.348 e. The molecule has 2 heterocycles. The van der Waals surface area contributed by atoms with Gasteiger partial charge in [-0.05, 0) is 29.5 Å². The number of nitrogens with zero attached hydrogens (tertiary/aromatic N) is 3. The molecule has 3 rings (SSSR count). The molecule has 0 aliphatic heterocycles.